The zero-order valence-corrected chi connectivity index (χ0v) is 10.7. The van der Waals surface area contributed by atoms with Gasteiger partial charge in [0.25, 0.3) is 0 Å². The minimum Gasteiger partial charge on any atom is -0.207 e. The minimum absolute atomic E-state index is 0.125. The Hall–Kier alpha value is -0.590. The molecular weight excluding hydrogens is 261 g/mol. The van der Waals surface area contributed by atoms with Crippen LogP contribution in [0.25, 0.3) is 0 Å². The summed E-state index contributed by atoms with van der Waals surface area (Å²) in [5, 5.41) is 0.440. The van der Waals surface area contributed by atoms with Crippen molar-refractivity contribution in [3.8, 4) is 0 Å². The van der Waals surface area contributed by atoms with Crippen LogP contribution in [0.4, 0.5) is 4.39 Å². The summed E-state index contributed by atoms with van der Waals surface area (Å²) in [7, 11) is -3.43. The Morgan fingerprint density at radius 2 is 2.00 bits per heavy atom. The number of sulfonamides is 1. The van der Waals surface area contributed by atoms with E-state index in [-0.39, 0.29) is 10.9 Å². The van der Waals surface area contributed by atoms with E-state index in [1.807, 2.05) is 11.8 Å². The van der Waals surface area contributed by atoms with Crippen molar-refractivity contribution in [3.63, 3.8) is 0 Å². The van der Waals surface area contributed by atoms with Gasteiger partial charge in [-0.1, -0.05) is 0 Å². The van der Waals surface area contributed by atoms with Crippen LogP contribution in [0.1, 0.15) is 6.42 Å². The van der Waals surface area contributed by atoms with Gasteiger partial charge in [0.1, 0.15) is 5.82 Å². The molecule has 2 heterocycles. The Labute approximate surface area is 104 Å². The molecule has 1 aromatic carbocycles. The number of hydrogen-bond acceptors (Lipinski definition) is 3. The Balaban J connectivity index is 1.93. The fourth-order valence-electron chi connectivity index (χ4n) is 2.40. The third-order valence-electron chi connectivity index (χ3n) is 3.27. The summed E-state index contributed by atoms with van der Waals surface area (Å²) >= 11 is 1.84. The van der Waals surface area contributed by atoms with Crippen molar-refractivity contribution in [2.45, 2.75) is 22.6 Å². The van der Waals surface area contributed by atoms with E-state index in [0.717, 1.165) is 12.2 Å². The summed E-state index contributed by atoms with van der Waals surface area (Å²) in [4.78, 5) is 0.191. The molecule has 0 N–H and O–H groups in total. The van der Waals surface area contributed by atoms with E-state index in [9.17, 15) is 12.8 Å². The normalized spacial score (nSPS) is 28.8. The minimum atomic E-state index is -3.43. The number of halogens is 1. The third kappa shape index (κ3) is 1.88. The predicted octanol–water partition coefficient (Wildman–Crippen LogP) is 1.70. The van der Waals surface area contributed by atoms with Gasteiger partial charge in [-0.3, -0.25) is 0 Å². The molecule has 17 heavy (non-hydrogen) atoms. The highest BCUT2D eigenvalue weighted by Crippen LogP contribution is 2.40. The quantitative estimate of drug-likeness (QED) is 0.823. The van der Waals surface area contributed by atoms with Gasteiger partial charge in [-0.2, -0.15) is 16.1 Å². The zero-order chi connectivity index (χ0) is 12.0. The summed E-state index contributed by atoms with van der Waals surface area (Å²) in [6.07, 6.45) is 0.949. The van der Waals surface area contributed by atoms with E-state index in [1.54, 1.807) is 4.31 Å². The van der Waals surface area contributed by atoms with Gasteiger partial charge < -0.3 is 0 Å². The van der Waals surface area contributed by atoms with Crippen molar-refractivity contribution < 1.29 is 12.8 Å². The van der Waals surface area contributed by atoms with Crippen molar-refractivity contribution >= 4 is 21.8 Å². The van der Waals surface area contributed by atoms with Crippen LogP contribution < -0.4 is 0 Å². The lowest BCUT2D eigenvalue weighted by Gasteiger charge is -2.25. The molecule has 0 amide bonds. The Morgan fingerprint density at radius 3 is 2.53 bits per heavy atom. The van der Waals surface area contributed by atoms with Crippen molar-refractivity contribution in [1.29, 1.82) is 0 Å². The molecule has 3 rings (SSSR count). The molecule has 0 aliphatic carbocycles. The Morgan fingerprint density at radius 1 is 1.29 bits per heavy atom. The smallest absolute Gasteiger partial charge is 0.207 e. The molecule has 2 fully saturated rings. The maximum Gasteiger partial charge on any atom is 0.243 e. The first-order valence-electron chi connectivity index (χ1n) is 5.46. The van der Waals surface area contributed by atoms with Gasteiger partial charge in [-0.25, -0.2) is 12.8 Å². The molecule has 0 aromatic heterocycles. The summed E-state index contributed by atoms with van der Waals surface area (Å²) in [5.41, 5.74) is 0. The molecule has 2 bridgehead atoms. The van der Waals surface area contributed by atoms with Crippen LogP contribution >= 0.6 is 11.8 Å². The van der Waals surface area contributed by atoms with E-state index in [0.29, 0.717) is 11.8 Å². The lowest BCUT2D eigenvalue weighted by molar-refractivity contribution is 0.410. The fourth-order valence-corrected chi connectivity index (χ4v) is 5.70. The number of thioether (sulfide) groups is 1. The summed E-state index contributed by atoms with van der Waals surface area (Å²) in [5.74, 6) is 0.466. The first-order valence-corrected chi connectivity index (χ1v) is 7.95. The van der Waals surface area contributed by atoms with Gasteiger partial charge in [-0.15, -0.1) is 0 Å². The topological polar surface area (TPSA) is 37.4 Å². The number of benzene rings is 1. The van der Waals surface area contributed by atoms with Gasteiger partial charge in [0, 0.05) is 23.6 Å². The highest BCUT2D eigenvalue weighted by Gasteiger charge is 2.44. The Bertz CT molecular complexity index is 529. The average molecular weight is 273 g/mol. The molecule has 2 unspecified atom stereocenters. The summed E-state index contributed by atoms with van der Waals surface area (Å²) in [6, 6.07) is 5.18. The van der Waals surface area contributed by atoms with E-state index in [4.69, 9.17) is 0 Å². The molecule has 6 heteroatoms. The lowest BCUT2D eigenvalue weighted by atomic mass is 10.3. The molecule has 3 nitrogen and oxygen atoms in total. The van der Waals surface area contributed by atoms with Crippen molar-refractivity contribution in [2.75, 3.05) is 12.3 Å². The molecule has 2 aliphatic heterocycles. The summed E-state index contributed by atoms with van der Waals surface area (Å²) < 4.78 is 39.0. The molecule has 1 aromatic rings. The molecule has 2 aliphatic rings. The first kappa shape index (κ1) is 11.5. The maximum absolute atomic E-state index is 12.8. The fraction of sp³-hybridized carbons (Fsp3) is 0.455. The Kier molecular flexibility index (Phi) is 2.68. The predicted molar refractivity (Wildman–Crippen MR) is 64.9 cm³/mol. The second-order valence-corrected chi connectivity index (χ2v) is 7.60. The van der Waals surface area contributed by atoms with Gasteiger partial charge >= 0.3 is 0 Å². The van der Waals surface area contributed by atoms with Gasteiger partial charge in [-0.05, 0) is 30.7 Å². The van der Waals surface area contributed by atoms with E-state index in [1.165, 1.54) is 24.3 Å². The number of fused-ring (bicyclic) bond motifs is 2. The van der Waals surface area contributed by atoms with Crippen LogP contribution in [-0.4, -0.2) is 36.3 Å². The van der Waals surface area contributed by atoms with Crippen molar-refractivity contribution in [1.82, 2.24) is 4.31 Å². The van der Waals surface area contributed by atoms with Gasteiger partial charge in [0.05, 0.1) is 4.90 Å². The average Bonchev–Trinajstić information content (AvgIpc) is 2.91. The molecule has 0 saturated carbocycles. The standard InChI is InChI=1S/C11H12FNO2S2/c12-8-1-3-11(4-2-8)17(14,15)13-6-10-5-9(13)7-16-10/h1-4,9-10H,5-7H2. The van der Waals surface area contributed by atoms with Crippen molar-refractivity contribution in [3.05, 3.63) is 30.1 Å². The van der Waals surface area contributed by atoms with Crippen LogP contribution in [-0.2, 0) is 10.0 Å². The zero-order valence-electron chi connectivity index (χ0n) is 9.04. The monoisotopic (exact) mass is 273 g/mol. The van der Waals surface area contributed by atoms with Gasteiger partial charge in [0.2, 0.25) is 10.0 Å². The third-order valence-corrected chi connectivity index (χ3v) is 6.59. The second kappa shape index (κ2) is 3.96. The molecule has 0 spiro atoms. The number of rotatable bonds is 2. The van der Waals surface area contributed by atoms with Crippen LogP contribution in [0.2, 0.25) is 0 Å². The SMILES string of the molecule is O=S(=O)(c1ccc(F)cc1)N1CC2CC1CS2. The van der Waals surface area contributed by atoms with Crippen LogP contribution in [0, 0.1) is 5.82 Å². The molecule has 2 atom stereocenters. The van der Waals surface area contributed by atoms with Gasteiger partial charge in [0.15, 0.2) is 0 Å². The van der Waals surface area contributed by atoms with Crippen LogP contribution in [0.15, 0.2) is 29.2 Å². The number of nitrogens with zero attached hydrogens (tertiary/aromatic N) is 1. The largest absolute Gasteiger partial charge is 0.243 e. The number of hydrogen-bond donors (Lipinski definition) is 0. The molecular formula is C11H12FNO2S2. The van der Waals surface area contributed by atoms with E-state index >= 15 is 0 Å². The van der Waals surface area contributed by atoms with E-state index in [2.05, 4.69) is 0 Å². The highest BCUT2D eigenvalue weighted by molar-refractivity contribution is 8.00. The van der Waals surface area contributed by atoms with Crippen LogP contribution in [0.5, 0.6) is 0 Å². The van der Waals surface area contributed by atoms with Crippen molar-refractivity contribution in [2.24, 2.45) is 0 Å². The lowest BCUT2D eigenvalue weighted by Crippen LogP contribution is -2.39. The van der Waals surface area contributed by atoms with Crippen LogP contribution in [0.3, 0.4) is 0 Å². The second-order valence-electron chi connectivity index (χ2n) is 4.37. The first-order chi connectivity index (χ1) is 8.07. The van der Waals surface area contributed by atoms with E-state index < -0.39 is 15.8 Å². The molecule has 0 radical (unpaired) electrons. The summed E-state index contributed by atoms with van der Waals surface area (Å²) in [6.45, 7) is 0.592. The molecule has 92 valence electrons. The highest BCUT2D eigenvalue weighted by atomic mass is 32.2. The molecule has 2 saturated heterocycles. The maximum atomic E-state index is 12.8.